The lowest BCUT2D eigenvalue weighted by Crippen LogP contribution is -2.05. The molecule has 0 atom stereocenters. The fourth-order valence-electron chi connectivity index (χ4n) is 1.89. The smallest absolute Gasteiger partial charge is 0.222 e. The molecule has 0 N–H and O–H groups in total. The highest BCUT2D eigenvalue weighted by atomic mass is 35.5. The minimum atomic E-state index is -4.34. The van der Waals surface area contributed by atoms with E-state index in [1.807, 2.05) is 0 Å². The summed E-state index contributed by atoms with van der Waals surface area (Å²) in [5, 5.41) is 4.70. The minimum Gasteiger partial charge on any atom is -0.222 e. The molecule has 0 spiro atoms. The van der Waals surface area contributed by atoms with Gasteiger partial charge in [0.25, 0.3) is 0 Å². The van der Waals surface area contributed by atoms with Crippen LogP contribution in [0, 0.1) is 5.92 Å². The zero-order chi connectivity index (χ0) is 14.9. The van der Waals surface area contributed by atoms with Crippen LogP contribution in [0.5, 0.6) is 0 Å². The number of hydrogen-bond donors (Lipinski definition) is 0. The Kier molecular flexibility index (Phi) is 4.09. The van der Waals surface area contributed by atoms with Crippen molar-refractivity contribution < 1.29 is 13.2 Å². The van der Waals surface area contributed by atoms with Gasteiger partial charge in [-0.2, -0.15) is 18.3 Å². The van der Waals surface area contributed by atoms with Crippen LogP contribution in [0.1, 0.15) is 25.1 Å². The molecule has 108 valence electrons. The van der Waals surface area contributed by atoms with Crippen LogP contribution in [0.2, 0.25) is 5.15 Å². The lowest BCUT2D eigenvalue weighted by Gasteiger charge is -2.08. The fraction of sp³-hybridized carbons (Fsp3) is 0.357. The van der Waals surface area contributed by atoms with Gasteiger partial charge in [0.1, 0.15) is 5.15 Å². The van der Waals surface area contributed by atoms with E-state index in [2.05, 4.69) is 18.9 Å². The highest BCUT2D eigenvalue weighted by Gasteiger charge is 2.30. The van der Waals surface area contributed by atoms with E-state index >= 15 is 0 Å². The molecule has 0 bridgehead atoms. The number of aromatic nitrogens is 2. The molecule has 0 fully saturated rings. The van der Waals surface area contributed by atoms with Crippen molar-refractivity contribution in [2.24, 2.45) is 5.92 Å². The third-order valence-corrected chi connectivity index (χ3v) is 3.04. The summed E-state index contributed by atoms with van der Waals surface area (Å²) in [5.41, 5.74) is 0.648. The molecule has 6 heteroatoms. The molecule has 1 aromatic carbocycles. The monoisotopic (exact) mass is 302 g/mol. The number of alkyl halides is 3. The van der Waals surface area contributed by atoms with Gasteiger partial charge < -0.3 is 0 Å². The van der Waals surface area contributed by atoms with Crippen molar-refractivity contribution in [1.29, 1.82) is 0 Å². The summed E-state index contributed by atoms with van der Waals surface area (Å²) in [7, 11) is 0. The van der Waals surface area contributed by atoms with Gasteiger partial charge in [-0.25, -0.2) is 4.68 Å². The lowest BCUT2D eigenvalue weighted by atomic mass is 10.1. The Morgan fingerprint density at radius 3 is 2.30 bits per heavy atom. The second-order valence-corrected chi connectivity index (χ2v) is 5.40. The minimum absolute atomic E-state index is 0.389. The van der Waals surface area contributed by atoms with Gasteiger partial charge in [0.15, 0.2) is 0 Å². The van der Waals surface area contributed by atoms with Crippen molar-refractivity contribution in [2.75, 3.05) is 0 Å². The number of benzene rings is 1. The highest BCUT2D eigenvalue weighted by molar-refractivity contribution is 6.29. The Bertz CT molecular complexity index is 585. The van der Waals surface area contributed by atoms with Gasteiger partial charge in [-0.1, -0.05) is 25.4 Å². The molecule has 0 amide bonds. The summed E-state index contributed by atoms with van der Waals surface area (Å²) < 4.78 is 38.9. The summed E-state index contributed by atoms with van der Waals surface area (Å²) in [6.45, 7) is 4.12. The summed E-state index contributed by atoms with van der Waals surface area (Å²) in [6.07, 6.45) is -3.57. The van der Waals surface area contributed by atoms with Crippen molar-refractivity contribution in [3.05, 3.63) is 46.7 Å². The molecule has 2 rings (SSSR count). The molecule has 0 saturated carbocycles. The summed E-state index contributed by atoms with van der Waals surface area (Å²) in [5.74, 6) is 0.432. The first-order valence-electron chi connectivity index (χ1n) is 6.19. The average Bonchev–Trinajstić information content (AvgIpc) is 2.68. The average molecular weight is 303 g/mol. The van der Waals surface area contributed by atoms with E-state index in [9.17, 15) is 13.2 Å². The SMILES string of the molecule is CC(C)Cc1cc(Cl)n(-c2ccc(C(F)(F)F)cc2)n1. The maximum absolute atomic E-state index is 12.5. The molecule has 0 aliphatic rings. The zero-order valence-electron chi connectivity index (χ0n) is 11.1. The van der Waals surface area contributed by atoms with Crippen molar-refractivity contribution in [3.63, 3.8) is 0 Å². The standard InChI is InChI=1S/C14H14ClF3N2/c1-9(2)7-11-8-13(15)20(19-11)12-5-3-10(4-6-12)14(16,17)18/h3-6,8-9H,7H2,1-2H3. The van der Waals surface area contributed by atoms with Crippen LogP contribution in [0.15, 0.2) is 30.3 Å². The molecule has 0 aliphatic heterocycles. The quantitative estimate of drug-likeness (QED) is 0.800. The Labute approximate surface area is 120 Å². The molecular formula is C14H14ClF3N2. The summed E-state index contributed by atoms with van der Waals surface area (Å²) in [4.78, 5) is 0. The molecule has 0 unspecified atom stereocenters. The van der Waals surface area contributed by atoms with Crippen LogP contribution < -0.4 is 0 Å². The lowest BCUT2D eigenvalue weighted by molar-refractivity contribution is -0.137. The predicted octanol–water partition coefficient (Wildman–Crippen LogP) is 4.74. The molecule has 0 aliphatic carbocycles. The molecule has 20 heavy (non-hydrogen) atoms. The number of hydrogen-bond acceptors (Lipinski definition) is 1. The third kappa shape index (κ3) is 3.33. The molecule has 0 radical (unpaired) electrons. The van der Waals surface area contributed by atoms with Crippen molar-refractivity contribution in [1.82, 2.24) is 9.78 Å². The van der Waals surface area contributed by atoms with E-state index in [-0.39, 0.29) is 0 Å². The Morgan fingerprint density at radius 2 is 1.80 bits per heavy atom. The van der Waals surface area contributed by atoms with Crippen LogP contribution in [-0.4, -0.2) is 9.78 Å². The molecule has 1 heterocycles. The van der Waals surface area contributed by atoms with E-state index in [1.165, 1.54) is 16.8 Å². The van der Waals surface area contributed by atoms with Gasteiger partial charge in [0.05, 0.1) is 16.9 Å². The van der Waals surface area contributed by atoms with Crippen LogP contribution in [0.25, 0.3) is 5.69 Å². The van der Waals surface area contributed by atoms with Crippen LogP contribution >= 0.6 is 11.6 Å². The van der Waals surface area contributed by atoms with Gasteiger partial charge in [-0.3, -0.25) is 0 Å². The Morgan fingerprint density at radius 1 is 1.20 bits per heavy atom. The third-order valence-electron chi connectivity index (χ3n) is 2.77. The topological polar surface area (TPSA) is 17.8 Å². The van der Waals surface area contributed by atoms with Crippen LogP contribution in [0.4, 0.5) is 13.2 Å². The Balaban J connectivity index is 2.30. The zero-order valence-corrected chi connectivity index (χ0v) is 11.8. The number of rotatable bonds is 3. The second-order valence-electron chi connectivity index (χ2n) is 5.01. The highest BCUT2D eigenvalue weighted by Crippen LogP contribution is 2.30. The van der Waals surface area contributed by atoms with Gasteiger partial charge in [-0.05, 0) is 42.7 Å². The molecule has 0 saturated heterocycles. The van der Waals surface area contributed by atoms with Gasteiger partial charge in [0.2, 0.25) is 0 Å². The molecule has 1 aromatic heterocycles. The van der Waals surface area contributed by atoms with E-state index < -0.39 is 11.7 Å². The first-order chi connectivity index (χ1) is 9.27. The van der Waals surface area contributed by atoms with Crippen LogP contribution in [0.3, 0.4) is 0 Å². The maximum atomic E-state index is 12.5. The molecular weight excluding hydrogens is 289 g/mol. The fourth-order valence-corrected chi connectivity index (χ4v) is 2.16. The van der Waals surface area contributed by atoms with E-state index in [4.69, 9.17) is 11.6 Å². The maximum Gasteiger partial charge on any atom is 0.416 e. The van der Waals surface area contributed by atoms with E-state index in [0.29, 0.717) is 16.8 Å². The first-order valence-corrected chi connectivity index (χ1v) is 6.57. The normalized spacial score (nSPS) is 12.2. The molecule has 2 nitrogen and oxygen atoms in total. The predicted molar refractivity (Wildman–Crippen MR) is 72.1 cm³/mol. The Hall–Kier alpha value is -1.49. The second kappa shape index (κ2) is 5.48. The van der Waals surface area contributed by atoms with Gasteiger partial charge in [0, 0.05) is 0 Å². The van der Waals surface area contributed by atoms with E-state index in [0.717, 1.165) is 24.2 Å². The van der Waals surface area contributed by atoms with Crippen molar-refractivity contribution in [3.8, 4) is 5.69 Å². The van der Waals surface area contributed by atoms with Crippen molar-refractivity contribution in [2.45, 2.75) is 26.4 Å². The van der Waals surface area contributed by atoms with Crippen molar-refractivity contribution >= 4 is 11.6 Å². The van der Waals surface area contributed by atoms with Crippen LogP contribution in [-0.2, 0) is 12.6 Å². The number of nitrogens with zero attached hydrogens (tertiary/aromatic N) is 2. The summed E-state index contributed by atoms with van der Waals surface area (Å²) >= 11 is 6.07. The first kappa shape index (κ1) is 14.9. The summed E-state index contributed by atoms with van der Waals surface area (Å²) in [6, 6.07) is 6.51. The molecule has 2 aromatic rings. The number of halogens is 4. The van der Waals surface area contributed by atoms with Gasteiger partial charge >= 0.3 is 6.18 Å². The van der Waals surface area contributed by atoms with E-state index in [1.54, 1.807) is 6.07 Å². The largest absolute Gasteiger partial charge is 0.416 e. The van der Waals surface area contributed by atoms with Gasteiger partial charge in [-0.15, -0.1) is 0 Å².